The lowest BCUT2D eigenvalue weighted by Gasteiger charge is -2.13. The van der Waals surface area contributed by atoms with E-state index in [2.05, 4.69) is 20.6 Å². The normalized spacial score (nSPS) is 18.5. The van der Waals surface area contributed by atoms with Gasteiger partial charge < -0.3 is 10.6 Å². The molecule has 138 valence electrons. The van der Waals surface area contributed by atoms with Crippen molar-refractivity contribution in [3.63, 3.8) is 0 Å². The summed E-state index contributed by atoms with van der Waals surface area (Å²) in [6.45, 7) is 2.04. The van der Waals surface area contributed by atoms with Crippen LogP contribution in [0.15, 0.2) is 30.3 Å². The fraction of sp³-hybridized carbons (Fsp3) is 0.353. The van der Waals surface area contributed by atoms with Crippen molar-refractivity contribution in [2.45, 2.75) is 25.9 Å². The summed E-state index contributed by atoms with van der Waals surface area (Å²) in [5.41, 5.74) is 1.15. The average molecular weight is 395 g/mol. The molecule has 1 unspecified atom stereocenters. The molecular weight excluding hydrogens is 376 g/mol. The number of carbonyl (C=O) groups excluding carboxylic acids is 1. The van der Waals surface area contributed by atoms with Gasteiger partial charge in [0.15, 0.2) is 9.84 Å². The van der Waals surface area contributed by atoms with E-state index in [4.69, 9.17) is 11.6 Å². The quantitative estimate of drug-likeness (QED) is 0.804. The van der Waals surface area contributed by atoms with Gasteiger partial charge in [0.25, 0.3) is 5.91 Å². The largest absolute Gasteiger partial charge is 0.366 e. The van der Waals surface area contributed by atoms with Gasteiger partial charge in [-0.25, -0.2) is 18.4 Å². The number of sulfone groups is 1. The van der Waals surface area contributed by atoms with Crippen LogP contribution < -0.4 is 10.6 Å². The minimum atomic E-state index is -2.99. The Balaban J connectivity index is 1.66. The van der Waals surface area contributed by atoms with E-state index in [1.807, 2.05) is 12.1 Å². The maximum atomic E-state index is 12.4. The first-order valence-corrected chi connectivity index (χ1v) is 10.4. The number of carbonyl (C=O) groups is 1. The summed E-state index contributed by atoms with van der Waals surface area (Å²) < 4.78 is 23.1. The molecule has 26 heavy (non-hydrogen) atoms. The van der Waals surface area contributed by atoms with Crippen molar-refractivity contribution in [2.24, 2.45) is 0 Å². The lowest BCUT2D eigenvalue weighted by Crippen LogP contribution is -2.26. The number of amides is 1. The minimum absolute atomic E-state index is 0.0775. The molecule has 0 spiro atoms. The number of nitrogens with one attached hydrogen (secondary N) is 2. The van der Waals surface area contributed by atoms with Crippen LogP contribution >= 0.6 is 11.6 Å². The van der Waals surface area contributed by atoms with Crippen molar-refractivity contribution in [2.75, 3.05) is 16.8 Å². The van der Waals surface area contributed by atoms with Gasteiger partial charge in [0.1, 0.15) is 17.3 Å². The number of halogens is 1. The van der Waals surface area contributed by atoms with Crippen molar-refractivity contribution in [1.29, 1.82) is 0 Å². The molecule has 2 N–H and O–H groups in total. The third kappa shape index (κ3) is 4.92. The zero-order chi connectivity index (χ0) is 18.7. The van der Waals surface area contributed by atoms with Gasteiger partial charge in [-0.3, -0.25) is 4.79 Å². The molecule has 2 aromatic rings. The number of benzene rings is 1. The molecule has 1 amide bonds. The number of aryl methyl sites for hydroxylation is 1. The van der Waals surface area contributed by atoms with Crippen LogP contribution in [0.1, 0.15) is 28.3 Å². The van der Waals surface area contributed by atoms with Gasteiger partial charge in [-0.15, -0.1) is 0 Å². The highest BCUT2D eigenvalue weighted by atomic mass is 35.5. The van der Waals surface area contributed by atoms with Gasteiger partial charge in [-0.05, 0) is 31.0 Å². The smallest absolute Gasteiger partial charge is 0.270 e. The molecule has 1 atom stereocenters. The Morgan fingerprint density at radius 2 is 2.00 bits per heavy atom. The number of rotatable bonds is 5. The molecule has 7 nitrogen and oxygen atoms in total. The highest BCUT2D eigenvalue weighted by molar-refractivity contribution is 7.91. The monoisotopic (exact) mass is 394 g/mol. The number of anilines is 1. The van der Waals surface area contributed by atoms with Crippen LogP contribution in [0.2, 0.25) is 5.02 Å². The van der Waals surface area contributed by atoms with E-state index in [0.717, 1.165) is 5.56 Å². The highest BCUT2D eigenvalue weighted by Crippen LogP contribution is 2.17. The second kappa shape index (κ2) is 7.59. The average Bonchev–Trinajstić information content (AvgIpc) is 2.92. The van der Waals surface area contributed by atoms with Crippen molar-refractivity contribution >= 4 is 33.2 Å². The van der Waals surface area contributed by atoms with E-state index in [0.29, 0.717) is 29.6 Å². The van der Waals surface area contributed by atoms with Crippen molar-refractivity contribution < 1.29 is 13.2 Å². The standard InChI is InChI=1S/C17H19ClN4O3S/c1-11-20-15(17(23)19-9-12-2-4-13(18)5-3-12)8-16(21-11)22-14-6-7-26(24,25)10-14/h2-5,8,14H,6-7,9-10H2,1H3,(H,19,23)(H,20,21,22). The molecule has 9 heteroatoms. The number of hydrogen-bond acceptors (Lipinski definition) is 6. The zero-order valence-electron chi connectivity index (χ0n) is 14.2. The van der Waals surface area contributed by atoms with Crippen LogP contribution in [0.25, 0.3) is 0 Å². The van der Waals surface area contributed by atoms with E-state index >= 15 is 0 Å². The van der Waals surface area contributed by atoms with Crippen LogP contribution in [0, 0.1) is 6.92 Å². The Morgan fingerprint density at radius 3 is 2.65 bits per heavy atom. The molecular formula is C17H19ClN4O3S. The summed E-state index contributed by atoms with van der Waals surface area (Å²) >= 11 is 5.84. The molecule has 1 fully saturated rings. The van der Waals surface area contributed by atoms with E-state index in [9.17, 15) is 13.2 Å². The summed E-state index contributed by atoms with van der Waals surface area (Å²) in [6, 6.07) is 8.53. The molecule has 1 aromatic carbocycles. The van der Waals surface area contributed by atoms with E-state index < -0.39 is 9.84 Å². The number of nitrogens with zero attached hydrogens (tertiary/aromatic N) is 2. The van der Waals surface area contributed by atoms with Gasteiger partial charge in [-0.1, -0.05) is 23.7 Å². The highest BCUT2D eigenvalue weighted by Gasteiger charge is 2.28. The van der Waals surface area contributed by atoms with Gasteiger partial charge >= 0.3 is 0 Å². The zero-order valence-corrected chi connectivity index (χ0v) is 15.8. The molecule has 0 radical (unpaired) electrons. The number of aromatic nitrogens is 2. The molecule has 0 saturated carbocycles. The lowest BCUT2D eigenvalue weighted by molar-refractivity contribution is 0.0945. The first-order valence-electron chi connectivity index (χ1n) is 8.16. The summed E-state index contributed by atoms with van der Waals surface area (Å²) in [4.78, 5) is 20.8. The van der Waals surface area contributed by atoms with Gasteiger partial charge in [0, 0.05) is 23.7 Å². The Bertz CT molecular complexity index is 916. The fourth-order valence-corrected chi connectivity index (χ4v) is 4.55. The van der Waals surface area contributed by atoms with Crippen LogP contribution in [-0.2, 0) is 16.4 Å². The molecule has 2 heterocycles. The van der Waals surface area contributed by atoms with Crippen molar-refractivity contribution in [3.8, 4) is 0 Å². The van der Waals surface area contributed by atoms with Gasteiger partial charge in [0.05, 0.1) is 11.5 Å². The maximum absolute atomic E-state index is 12.4. The summed E-state index contributed by atoms with van der Waals surface area (Å²) in [5, 5.41) is 6.52. The van der Waals surface area contributed by atoms with E-state index in [-0.39, 0.29) is 29.1 Å². The maximum Gasteiger partial charge on any atom is 0.270 e. The first kappa shape index (κ1) is 18.6. The Kier molecular flexibility index (Phi) is 5.43. The summed E-state index contributed by atoms with van der Waals surface area (Å²) in [6.07, 6.45) is 0.531. The van der Waals surface area contributed by atoms with Crippen LogP contribution in [0.4, 0.5) is 5.82 Å². The molecule has 1 aliphatic heterocycles. The molecule has 0 aliphatic carbocycles. The second-order valence-corrected chi connectivity index (χ2v) is 8.90. The van der Waals surface area contributed by atoms with Gasteiger partial charge in [-0.2, -0.15) is 0 Å². The van der Waals surface area contributed by atoms with Crippen LogP contribution in [0.5, 0.6) is 0 Å². The predicted octanol–water partition coefficient (Wildman–Crippen LogP) is 1.97. The summed E-state index contributed by atoms with van der Waals surface area (Å²) in [7, 11) is -2.99. The molecule has 3 rings (SSSR count). The third-order valence-corrected chi connectivity index (χ3v) is 6.04. The molecule has 1 saturated heterocycles. The summed E-state index contributed by atoms with van der Waals surface area (Å²) in [5.74, 6) is 0.813. The minimum Gasteiger partial charge on any atom is -0.366 e. The molecule has 1 aromatic heterocycles. The number of hydrogen-bond donors (Lipinski definition) is 2. The van der Waals surface area contributed by atoms with Crippen molar-refractivity contribution in [3.05, 3.63) is 52.4 Å². The Labute approximate surface area is 157 Å². The van der Waals surface area contributed by atoms with Crippen LogP contribution in [-0.4, -0.2) is 41.8 Å². The van der Waals surface area contributed by atoms with Crippen LogP contribution in [0.3, 0.4) is 0 Å². The van der Waals surface area contributed by atoms with Crippen molar-refractivity contribution in [1.82, 2.24) is 15.3 Å². The van der Waals surface area contributed by atoms with E-state index in [1.165, 1.54) is 6.07 Å². The Hall–Kier alpha value is -2.19. The third-order valence-electron chi connectivity index (χ3n) is 4.02. The van der Waals surface area contributed by atoms with E-state index in [1.54, 1.807) is 19.1 Å². The SMILES string of the molecule is Cc1nc(NC2CCS(=O)(=O)C2)cc(C(=O)NCc2ccc(Cl)cc2)n1. The Morgan fingerprint density at radius 1 is 1.27 bits per heavy atom. The molecule has 1 aliphatic rings. The topological polar surface area (TPSA) is 101 Å². The first-order chi connectivity index (χ1) is 12.3. The fourth-order valence-electron chi connectivity index (χ4n) is 2.75. The second-order valence-electron chi connectivity index (χ2n) is 6.24. The molecule has 0 bridgehead atoms. The predicted molar refractivity (Wildman–Crippen MR) is 100 cm³/mol. The van der Waals surface area contributed by atoms with Gasteiger partial charge in [0.2, 0.25) is 0 Å². The lowest BCUT2D eigenvalue weighted by atomic mass is 10.2.